The molecular formula is C3H3O2. The van der Waals surface area contributed by atoms with Gasteiger partial charge in [-0.05, 0) is 0 Å². The van der Waals surface area contributed by atoms with Crippen LogP contribution in [0.15, 0.2) is 0 Å². The number of carbonyl (C=O) groups excluding carboxylic acids is 1. The highest BCUT2D eigenvalue weighted by molar-refractivity contribution is 5.59. The predicted molar refractivity (Wildman–Crippen MR) is 15.4 cm³/mol. The minimum absolute atomic E-state index is 0.171. The lowest BCUT2D eigenvalue weighted by Gasteiger charge is -1.50. The van der Waals surface area contributed by atoms with Crippen molar-refractivity contribution in [1.29, 1.82) is 0 Å². The van der Waals surface area contributed by atoms with Gasteiger partial charge in [0.05, 0.1) is 6.61 Å². The second-order valence-corrected chi connectivity index (χ2v) is 0.940. The average Bonchev–Trinajstić information content (AvgIpc) is 2.12. The van der Waals surface area contributed by atoms with E-state index in [1.807, 2.05) is 0 Å². The second-order valence-electron chi connectivity index (χ2n) is 0.940. The Morgan fingerprint density at radius 2 is 2.60 bits per heavy atom. The zero-order valence-electron chi connectivity index (χ0n) is 2.60. The van der Waals surface area contributed by atoms with Crippen molar-refractivity contribution in [1.82, 2.24) is 0 Å². The number of hydrogen-bond donors (Lipinski definition) is 0. The summed E-state index contributed by atoms with van der Waals surface area (Å²) in [6.07, 6.45) is 1.50. The van der Waals surface area contributed by atoms with E-state index in [0.29, 0.717) is 6.61 Å². The summed E-state index contributed by atoms with van der Waals surface area (Å²) in [6.45, 7) is 0.587. The van der Waals surface area contributed by atoms with Crippen LogP contribution in [-0.2, 0) is 9.53 Å². The van der Waals surface area contributed by atoms with Gasteiger partial charge in [-0.1, -0.05) is 0 Å². The van der Waals surface area contributed by atoms with E-state index in [-0.39, 0.29) is 6.10 Å². The maximum Gasteiger partial charge on any atom is 0.232 e. The molecule has 0 bridgehead atoms. The molecule has 1 unspecified atom stereocenters. The molecule has 5 heavy (non-hydrogen) atoms. The molecule has 1 atom stereocenters. The maximum atomic E-state index is 9.32. The van der Waals surface area contributed by atoms with Crippen molar-refractivity contribution in [3.8, 4) is 0 Å². The molecule has 0 amide bonds. The molecule has 1 aliphatic heterocycles. The molecule has 1 fully saturated rings. The van der Waals surface area contributed by atoms with Crippen molar-refractivity contribution in [3.63, 3.8) is 0 Å². The third kappa shape index (κ3) is 0.450. The van der Waals surface area contributed by atoms with E-state index in [9.17, 15) is 4.79 Å². The van der Waals surface area contributed by atoms with Gasteiger partial charge in [-0.3, -0.25) is 4.79 Å². The van der Waals surface area contributed by atoms with Crippen LogP contribution in [0.4, 0.5) is 0 Å². The molecule has 1 radical (unpaired) electrons. The second kappa shape index (κ2) is 0.792. The monoisotopic (exact) mass is 71.0 g/mol. The maximum absolute atomic E-state index is 9.32. The van der Waals surface area contributed by atoms with Crippen LogP contribution in [0.3, 0.4) is 0 Å². The van der Waals surface area contributed by atoms with Crippen LogP contribution in [0.5, 0.6) is 0 Å². The van der Waals surface area contributed by atoms with Crippen molar-refractivity contribution >= 4 is 6.29 Å². The number of ether oxygens (including phenoxy) is 1. The van der Waals surface area contributed by atoms with E-state index in [4.69, 9.17) is 0 Å². The Morgan fingerprint density at radius 3 is 2.60 bits per heavy atom. The Morgan fingerprint density at radius 1 is 2.00 bits per heavy atom. The fourth-order valence-corrected chi connectivity index (χ4v) is 0.116. The van der Waals surface area contributed by atoms with Crippen molar-refractivity contribution in [2.45, 2.75) is 6.10 Å². The molecule has 0 saturated carbocycles. The molecule has 0 aliphatic carbocycles. The summed E-state index contributed by atoms with van der Waals surface area (Å²) in [5, 5.41) is 0. The van der Waals surface area contributed by atoms with Crippen LogP contribution in [0.2, 0.25) is 0 Å². The van der Waals surface area contributed by atoms with Crippen molar-refractivity contribution in [2.75, 3.05) is 6.61 Å². The van der Waals surface area contributed by atoms with Gasteiger partial charge in [-0.15, -0.1) is 0 Å². The van der Waals surface area contributed by atoms with Crippen LogP contribution >= 0.6 is 0 Å². The number of epoxide rings is 1. The minimum Gasteiger partial charge on any atom is -0.364 e. The summed E-state index contributed by atoms with van der Waals surface area (Å²) in [4.78, 5) is 9.32. The van der Waals surface area contributed by atoms with Crippen LogP contribution in [0, 0.1) is 0 Å². The van der Waals surface area contributed by atoms with Crippen LogP contribution in [-0.4, -0.2) is 19.0 Å². The Balaban J connectivity index is 2.21. The smallest absolute Gasteiger partial charge is 0.232 e. The van der Waals surface area contributed by atoms with E-state index in [0.717, 1.165) is 0 Å². The van der Waals surface area contributed by atoms with E-state index < -0.39 is 0 Å². The van der Waals surface area contributed by atoms with E-state index in [1.54, 1.807) is 6.29 Å². The Hall–Kier alpha value is -0.370. The first kappa shape index (κ1) is 2.85. The summed E-state index contributed by atoms with van der Waals surface area (Å²) < 4.78 is 4.43. The van der Waals surface area contributed by atoms with Crippen molar-refractivity contribution in [2.24, 2.45) is 0 Å². The van der Waals surface area contributed by atoms with Gasteiger partial charge in [-0.2, -0.15) is 0 Å². The van der Waals surface area contributed by atoms with E-state index in [1.165, 1.54) is 0 Å². The summed E-state index contributed by atoms with van der Waals surface area (Å²) in [5.41, 5.74) is 0. The molecule has 2 nitrogen and oxygen atoms in total. The highest BCUT2D eigenvalue weighted by atomic mass is 16.6. The van der Waals surface area contributed by atoms with Crippen molar-refractivity contribution < 1.29 is 9.53 Å². The largest absolute Gasteiger partial charge is 0.364 e. The van der Waals surface area contributed by atoms with Gasteiger partial charge in [0.15, 0.2) is 0 Å². The summed E-state index contributed by atoms with van der Waals surface area (Å²) in [6, 6.07) is 0. The predicted octanol–water partition coefficient (Wildman–Crippen LogP) is -0.505. The van der Waals surface area contributed by atoms with Gasteiger partial charge in [0.25, 0.3) is 0 Å². The molecule has 1 heterocycles. The molecular weight excluding hydrogens is 68.0 g/mol. The third-order valence-electron chi connectivity index (χ3n) is 0.465. The normalized spacial score (nSPS) is 33.2. The first-order valence-corrected chi connectivity index (χ1v) is 1.43. The fourth-order valence-electron chi connectivity index (χ4n) is 0.116. The highest BCUT2D eigenvalue weighted by Gasteiger charge is 2.21. The first-order chi connectivity index (χ1) is 2.43. The Bertz CT molecular complexity index is 46.9. The lowest BCUT2D eigenvalue weighted by Crippen LogP contribution is -1.79. The molecule has 1 aliphatic rings. The Labute approximate surface area is 29.7 Å². The Kier molecular flexibility index (Phi) is 0.451. The quantitative estimate of drug-likeness (QED) is 0.390. The summed E-state index contributed by atoms with van der Waals surface area (Å²) >= 11 is 0. The van der Waals surface area contributed by atoms with Gasteiger partial charge < -0.3 is 4.74 Å². The third-order valence-corrected chi connectivity index (χ3v) is 0.465. The molecule has 1 rings (SSSR count). The molecule has 0 aromatic rings. The molecule has 27 valence electrons. The SMILES string of the molecule is O=[C]C1CO1. The number of rotatable bonds is 1. The van der Waals surface area contributed by atoms with Gasteiger partial charge in [0, 0.05) is 0 Å². The van der Waals surface area contributed by atoms with Gasteiger partial charge in [0.2, 0.25) is 6.29 Å². The van der Waals surface area contributed by atoms with Gasteiger partial charge in [-0.25, -0.2) is 0 Å². The molecule has 2 heteroatoms. The summed E-state index contributed by atoms with van der Waals surface area (Å²) in [5.74, 6) is 0. The van der Waals surface area contributed by atoms with Crippen LogP contribution in [0.1, 0.15) is 0 Å². The standard InChI is InChI=1S/C3H3O2/c4-1-3-2-5-3/h3H,2H2. The molecule has 0 aromatic heterocycles. The molecule has 0 N–H and O–H groups in total. The average molecular weight is 71.1 g/mol. The number of hydrogen-bond acceptors (Lipinski definition) is 2. The lowest BCUT2D eigenvalue weighted by molar-refractivity contribution is 0.435. The summed E-state index contributed by atoms with van der Waals surface area (Å²) in [7, 11) is 0. The fraction of sp³-hybridized carbons (Fsp3) is 0.667. The highest BCUT2D eigenvalue weighted by Crippen LogP contribution is 2.02. The lowest BCUT2D eigenvalue weighted by atomic mass is 10.6. The molecule has 0 aromatic carbocycles. The molecule has 1 saturated heterocycles. The topological polar surface area (TPSA) is 29.6 Å². The van der Waals surface area contributed by atoms with E-state index >= 15 is 0 Å². The van der Waals surface area contributed by atoms with Crippen LogP contribution in [0.25, 0.3) is 0 Å². The van der Waals surface area contributed by atoms with Crippen LogP contribution < -0.4 is 0 Å². The zero-order valence-corrected chi connectivity index (χ0v) is 2.60. The zero-order chi connectivity index (χ0) is 3.70. The van der Waals surface area contributed by atoms with Crippen molar-refractivity contribution in [3.05, 3.63) is 0 Å². The van der Waals surface area contributed by atoms with E-state index in [2.05, 4.69) is 4.74 Å². The minimum atomic E-state index is -0.171. The van der Waals surface area contributed by atoms with Gasteiger partial charge >= 0.3 is 0 Å². The van der Waals surface area contributed by atoms with Gasteiger partial charge in [0.1, 0.15) is 6.10 Å². The molecule has 0 spiro atoms. The first-order valence-electron chi connectivity index (χ1n) is 1.43.